The molecule has 0 spiro atoms. The van der Waals surface area contributed by atoms with E-state index in [1.807, 2.05) is 49.6 Å². The standard InChI is InChI=1S/C16H21N3O/c1-3-20-16-5-4-15(17)10-14(16)12-19(2)11-13-6-8-18-9-7-13/h4-10H,3,11-12,17H2,1-2H3. The van der Waals surface area contributed by atoms with E-state index < -0.39 is 0 Å². The van der Waals surface area contributed by atoms with E-state index in [9.17, 15) is 0 Å². The molecule has 0 aliphatic heterocycles. The van der Waals surface area contributed by atoms with Crippen LogP contribution in [0.15, 0.2) is 42.7 Å². The molecule has 0 amide bonds. The number of nitrogen functional groups attached to an aromatic ring is 1. The van der Waals surface area contributed by atoms with Crippen LogP contribution in [0.4, 0.5) is 5.69 Å². The van der Waals surface area contributed by atoms with Gasteiger partial charge in [-0.25, -0.2) is 0 Å². The monoisotopic (exact) mass is 271 g/mol. The highest BCUT2D eigenvalue weighted by Gasteiger charge is 2.08. The zero-order chi connectivity index (χ0) is 14.4. The Morgan fingerprint density at radius 2 is 1.90 bits per heavy atom. The highest BCUT2D eigenvalue weighted by atomic mass is 16.5. The third-order valence-corrected chi connectivity index (χ3v) is 3.03. The molecule has 0 aliphatic carbocycles. The van der Waals surface area contributed by atoms with Gasteiger partial charge in [0, 0.05) is 36.7 Å². The summed E-state index contributed by atoms with van der Waals surface area (Å²) in [6.45, 7) is 4.30. The lowest BCUT2D eigenvalue weighted by Crippen LogP contribution is -2.18. The van der Waals surface area contributed by atoms with Crippen LogP contribution in [0, 0.1) is 0 Å². The van der Waals surface area contributed by atoms with Gasteiger partial charge in [-0.2, -0.15) is 0 Å². The Kier molecular flexibility index (Phi) is 4.96. The van der Waals surface area contributed by atoms with Gasteiger partial charge in [0.25, 0.3) is 0 Å². The van der Waals surface area contributed by atoms with Gasteiger partial charge in [0.1, 0.15) is 5.75 Å². The summed E-state index contributed by atoms with van der Waals surface area (Å²) in [5.41, 5.74) is 8.99. The highest BCUT2D eigenvalue weighted by molar-refractivity contribution is 5.47. The summed E-state index contributed by atoms with van der Waals surface area (Å²) >= 11 is 0. The minimum Gasteiger partial charge on any atom is -0.494 e. The molecule has 20 heavy (non-hydrogen) atoms. The van der Waals surface area contributed by atoms with Gasteiger partial charge in [0.15, 0.2) is 0 Å². The van der Waals surface area contributed by atoms with Crippen molar-refractivity contribution >= 4 is 5.69 Å². The normalized spacial score (nSPS) is 10.8. The fourth-order valence-corrected chi connectivity index (χ4v) is 2.17. The Morgan fingerprint density at radius 3 is 2.60 bits per heavy atom. The zero-order valence-electron chi connectivity index (χ0n) is 12.0. The van der Waals surface area contributed by atoms with Crippen molar-refractivity contribution in [2.45, 2.75) is 20.0 Å². The van der Waals surface area contributed by atoms with E-state index in [1.165, 1.54) is 5.56 Å². The van der Waals surface area contributed by atoms with Crippen LogP contribution >= 0.6 is 0 Å². The number of hydrogen-bond donors (Lipinski definition) is 1. The molecular formula is C16H21N3O. The van der Waals surface area contributed by atoms with Gasteiger partial charge in [-0.05, 0) is 49.9 Å². The molecule has 106 valence electrons. The lowest BCUT2D eigenvalue weighted by Gasteiger charge is -2.19. The van der Waals surface area contributed by atoms with Gasteiger partial charge >= 0.3 is 0 Å². The SMILES string of the molecule is CCOc1ccc(N)cc1CN(C)Cc1ccncc1. The molecule has 1 aromatic carbocycles. The first kappa shape index (κ1) is 14.3. The fourth-order valence-electron chi connectivity index (χ4n) is 2.17. The molecule has 2 aromatic rings. The lowest BCUT2D eigenvalue weighted by molar-refractivity contribution is 0.298. The molecule has 0 saturated carbocycles. The Labute approximate surface area is 120 Å². The Balaban J connectivity index is 2.06. The third-order valence-electron chi connectivity index (χ3n) is 3.03. The maximum absolute atomic E-state index is 5.87. The van der Waals surface area contributed by atoms with Crippen LogP contribution < -0.4 is 10.5 Å². The van der Waals surface area contributed by atoms with Crippen molar-refractivity contribution in [3.05, 3.63) is 53.9 Å². The number of nitrogens with two attached hydrogens (primary N) is 1. The molecule has 0 aliphatic rings. The van der Waals surface area contributed by atoms with Crippen LogP contribution in [-0.2, 0) is 13.1 Å². The molecule has 1 aromatic heterocycles. The molecular weight excluding hydrogens is 250 g/mol. The average Bonchev–Trinajstić information content (AvgIpc) is 2.43. The minimum absolute atomic E-state index is 0.658. The molecule has 0 unspecified atom stereocenters. The van der Waals surface area contributed by atoms with E-state index in [4.69, 9.17) is 10.5 Å². The second-order valence-electron chi connectivity index (χ2n) is 4.83. The second-order valence-corrected chi connectivity index (χ2v) is 4.83. The molecule has 0 atom stereocenters. The first-order chi connectivity index (χ1) is 9.69. The predicted octanol–water partition coefficient (Wildman–Crippen LogP) is 2.69. The topological polar surface area (TPSA) is 51.4 Å². The second kappa shape index (κ2) is 6.91. The quantitative estimate of drug-likeness (QED) is 0.821. The number of nitrogens with zero attached hydrogens (tertiary/aromatic N) is 2. The number of pyridine rings is 1. The number of rotatable bonds is 6. The van der Waals surface area contributed by atoms with Gasteiger partial charge in [-0.15, -0.1) is 0 Å². The van der Waals surface area contributed by atoms with Crippen molar-refractivity contribution in [2.24, 2.45) is 0 Å². The molecule has 0 fully saturated rings. The van der Waals surface area contributed by atoms with E-state index >= 15 is 0 Å². The molecule has 1 heterocycles. The molecule has 0 saturated heterocycles. The van der Waals surface area contributed by atoms with Crippen LogP contribution in [0.25, 0.3) is 0 Å². The first-order valence-corrected chi connectivity index (χ1v) is 6.77. The number of hydrogen-bond acceptors (Lipinski definition) is 4. The van der Waals surface area contributed by atoms with Gasteiger partial charge < -0.3 is 10.5 Å². The van der Waals surface area contributed by atoms with E-state index in [0.717, 1.165) is 30.1 Å². The average molecular weight is 271 g/mol. The number of aromatic nitrogens is 1. The first-order valence-electron chi connectivity index (χ1n) is 6.77. The maximum atomic E-state index is 5.87. The largest absolute Gasteiger partial charge is 0.494 e. The van der Waals surface area contributed by atoms with Crippen LogP contribution in [0.1, 0.15) is 18.1 Å². The summed E-state index contributed by atoms with van der Waals surface area (Å²) in [5.74, 6) is 0.906. The van der Waals surface area contributed by atoms with E-state index in [-0.39, 0.29) is 0 Å². The summed E-state index contributed by atoms with van der Waals surface area (Å²) in [6.07, 6.45) is 3.63. The van der Waals surface area contributed by atoms with Crippen LogP contribution in [0.2, 0.25) is 0 Å². The molecule has 0 radical (unpaired) electrons. The number of anilines is 1. The van der Waals surface area contributed by atoms with E-state index in [2.05, 4.69) is 16.9 Å². The molecule has 4 heteroatoms. The van der Waals surface area contributed by atoms with Crippen LogP contribution in [0.5, 0.6) is 5.75 Å². The summed E-state index contributed by atoms with van der Waals surface area (Å²) in [6, 6.07) is 9.85. The van der Waals surface area contributed by atoms with Crippen molar-refractivity contribution in [2.75, 3.05) is 19.4 Å². The summed E-state index contributed by atoms with van der Waals surface area (Å²) in [7, 11) is 2.08. The van der Waals surface area contributed by atoms with Crippen molar-refractivity contribution in [3.63, 3.8) is 0 Å². The zero-order valence-corrected chi connectivity index (χ0v) is 12.0. The molecule has 4 nitrogen and oxygen atoms in total. The summed E-state index contributed by atoms with van der Waals surface area (Å²) < 4.78 is 5.65. The molecule has 0 bridgehead atoms. The summed E-state index contributed by atoms with van der Waals surface area (Å²) in [4.78, 5) is 6.26. The van der Waals surface area contributed by atoms with E-state index in [1.54, 1.807) is 0 Å². The van der Waals surface area contributed by atoms with Crippen LogP contribution in [0.3, 0.4) is 0 Å². The van der Waals surface area contributed by atoms with Gasteiger partial charge in [-0.3, -0.25) is 9.88 Å². The minimum atomic E-state index is 0.658. The Morgan fingerprint density at radius 1 is 1.15 bits per heavy atom. The van der Waals surface area contributed by atoms with Crippen molar-refractivity contribution in [3.8, 4) is 5.75 Å². The van der Waals surface area contributed by atoms with Gasteiger partial charge in [-0.1, -0.05) is 0 Å². The van der Waals surface area contributed by atoms with E-state index in [0.29, 0.717) is 6.61 Å². The fraction of sp³-hybridized carbons (Fsp3) is 0.312. The maximum Gasteiger partial charge on any atom is 0.123 e. The van der Waals surface area contributed by atoms with Crippen LogP contribution in [-0.4, -0.2) is 23.5 Å². The highest BCUT2D eigenvalue weighted by Crippen LogP contribution is 2.23. The summed E-state index contributed by atoms with van der Waals surface area (Å²) in [5, 5.41) is 0. The third kappa shape index (κ3) is 3.96. The van der Waals surface area contributed by atoms with Gasteiger partial charge in [0.05, 0.1) is 6.61 Å². The molecule has 2 N–H and O–H groups in total. The number of benzene rings is 1. The van der Waals surface area contributed by atoms with Gasteiger partial charge in [0.2, 0.25) is 0 Å². The molecule has 2 rings (SSSR count). The number of ether oxygens (including phenoxy) is 1. The van der Waals surface area contributed by atoms with Crippen molar-refractivity contribution < 1.29 is 4.74 Å². The Hall–Kier alpha value is -2.07. The smallest absolute Gasteiger partial charge is 0.123 e. The van der Waals surface area contributed by atoms with Crippen molar-refractivity contribution in [1.82, 2.24) is 9.88 Å². The van der Waals surface area contributed by atoms with Crippen molar-refractivity contribution in [1.29, 1.82) is 0 Å². The predicted molar refractivity (Wildman–Crippen MR) is 81.4 cm³/mol. The lowest BCUT2D eigenvalue weighted by atomic mass is 10.1. The Bertz CT molecular complexity index is 543.